The van der Waals surface area contributed by atoms with Crippen molar-refractivity contribution in [3.63, 3.8) is 0 Å². The van der Waals surface area contributed by atoms with E-state index in [0.717, 1.165) is 38.9 Å². The molecule has 0 spiro atoms. The van der Waals surface area contributed by atoms with E-state index in [2.05, 4.69) is 83.9 Å². The molecule has 0 saturated carbocycles. The summed E-state index contributed by atoms with van der Waals surface area (Å²) < 4.78 is 0. The quantitative estimate of drug-likeness (QED) is 0.759. The van der Waals surface area contributed by atoms with Crippen molar-refractivity contribution in [3.8, 4) is 0 Å². The number of aryl methyl sites for hydroxylation is 1. The minimum absolute atomic E-state index is 0.301. The standard InChI is InChI=1S/C21H36BN2/c1-8-17-15-18(22-16-21(5,6)20(2,3)4)9-10-19(17)24-13-11-23(7)12-14-24/h9-10,15H,8,11-14,16H2,1-7H3. The molecule has 1 aromatic rings. The first kappa shape index (κ1) is 19.4. The zero-order chi connectivity index (χ0) is 18.0. The number of piperazine rings is 1. The number of rotatable bonds is 5. The van der Waals surface area contributed by atoms with Crippen LogP contribution in [-0.2, 0) is 6.42 Å². The zero-order valence-corrected chi connectivity index (χ0v) is 16.9. The van der Waals surface area contributed by atoms with Crippen LogP contribution < -0.4 is 10.4 Å². The van der Waals surface area contributed by atoms with E-state index in [1.165, 1.54) is 16.7 Å². The molecular weight excluding hydrogens is 291 g/mol. The molecule has 1 saturated heterocycles. The Morgan fingerprint density at radius 3 is 2.17 bits per heavy atom. The molecule has 24 heavy (non-hydrogen) atoms. The van der Waals surface area contributed by atoms with Gasteiger partial charge in [0.05, 0.1) is 0 Å². The summed E-state index contributed by atoms with van der Waals surface area (Å²) in [6, 6.07) is 7.07. The summed E-state index contributed by atoms with van der Waals surface area (Å²) >= 11 is 0. The Kier molecular flexibility index (Phi) is 6.07. The first-order valence-electron chi connectivity index (χ1n) is 9.53. The molecule has 0 atom stereocenters. The van der Waals surface area contributed by atoms with Gasteiger partial charge in [-0.05, 0) is 35.9 Å². The molecule has 0 bridgehead atoms. The summed E-state index contributed by atoms with van der Waals surface area (Å²) in [6.45, 7) is 18.7. The lowest BCUT2D eigenvalue weighted by Gasteiger charge is -2.39. The van der Waals surface area contributed by atoms with Crippen molar-refractivity contribution in [1.82, 2.24) is 4.90 Å². The van der Waals surface area contributed by atoms with Crippen LogP contribution in [0.15, 0.2) is 18.2 Å². The first-order chi connectivity index (χ1) is 11.1. The monoisotopic (exact) mass is 327 g/mol. The minimum Gasteiger partial charge on any atom is -0.369 e. The Morgan fingerprint density at radius 2 is 1.62 bits per heavy atom. The second kappa shape index (κ2) is 7.51. The highest BCUT2D eigenvalue weighted by Gasteiger charge is 2.32. The molecule has 1 radical (unpaired) electrons. The Labute approximate surface area is 150 Å². The van der Waals surface area contributed by atoms with Crippen LogP contribution in [0.3, 0.4) is 0 Å². The van der Waals surface area contributed by atoms with Crippen LogP contribution in [0.25, 0.3) is 0 Å². The number of anilines is 1. The van der Waals surface area contributed by atoms with Crippen LogP contribution in [0, 0.1) is 10.8 Å². The van der Waals surface area contributed by atoms with E-state index in [1.807, 2.05) is 0 Å². The molecular formula is C21H36BN2. The first-order valence-corrected chi connectivity index (χ1v) is 9.53. The van der Waals surface area contributed by atoms with Crippen LogP contribution in [-0.4, -0.2) is 45.4 Å². The predicted octanol–water partition coefficient (Wildman–Crippen LogP) is 3.82. The van der Waals surface area contributed by atoms with Crippen molar-refractivity contribution in [1.29, 1.82) is 0 Å². The average Bonchev–Trinajstić information content (AvgIpc) is 2.52. The summed E-state index contributed by atoms with van der Waals surface area (Å²) in [6.07, 6.45) is 2.22. The van der Waals surface area contributed by atoms with Crippen molar-refractivity contribution in [2.75, 3.05) is 38.1 Å². The lowest BCUT2D eigenvalue weighted by Crippen LogP contribution is -2.45. The van der Waals surface area contributed by atoms with E-state index in [4.69, 9.17) is 0 Å². The van der Waals surface area contributed by atoms with Gasteiger partial charge in [0.1, 0.15) is 0 Å². The maximum Gasteiger partial charge on any atom is 0.152 e. The van der Waals surface area contributed by atoms with Gasteiger partial charge in [0.2, 0.25) is 0 Å². The highest BCUT2D eigenvalue weighted by Crippen LogP contribution is 2.40. The Bertz CT molecular complexity index is 537. The third-order valence-electron chi connectivity index (χ3n) is 6.21. The summed E-state index contributed by atoms with van der Waals surface area (Å²) in [4.78, 5) is 4.97. The lowest BCUT2D eigenvalue weighted by molar-refractivity contribution is 0.157. The fraction of sp³-hybridized carbons (Fsp3) is 0.714. The second-order valence-corrected chi connectivity index (χ2v) is 9.07. The third-order valence-corrected chi connectivity index (χ3v) is 6.21. The van der Waals surface area contributed by atoms with Gasteiger partial charge in [0, 0.05) is 31.9 Å². The van der Waals surface area contributed by atoms with Crippen molar-refractivity contribution in [2.24, 2.45) is 10.8 Å². The molecule has 0 N–H and O–H groups in total. The molecule has 1 aromatic carbocycles. The molecule has 1 fully saturated rings. The van der Waals surface area contributed by atoms with Crippen molar-refractivity contribution < 1.29 is 0 Å². The smallest absolute Gasteiger partial charge is 0.152 e. The average molecular weight is 327 g/mol. The molecule has 1 aliphatic heterocycles. The van der Waals surface area contributed by atoms with E-state index in [-0.39, 0.29) is 0 Å². The van der Waals surface area contributed by atoms with E-state index in [9.17, 15) is 0 Å². The fourth-order valence-electron chi connectivity index (χ4n) is 3.05. The molecule has 0 aliphatic carbocycles. The van der Waals surface area contributed by atoms with Gasteiger partial charge in [-0.2, -0.15) is 0 Å². The molecule has 2 rings (SSSR count). The summed E-state index contributed by atoms with van der Waals surface area (Å²) in [5.74, 6) is 0. The number of likely N-dealkylation sites (N-methyl/N-ethyl adjacent to an activating group) is 1. The number of hydrogen-bond donors (Lipinski definition) is 0. The van der Waals surface area contributed by atoms with Gasteiger partial charge in [-0.1, -0.05) is 65.5 Å². The summed E-state index contributed by atoms with van der Waals surface area (Å²) in [7, 11) is 4.64. The predicted molar refractivity (Wildman–Crippen MR) is 109 cm³/mol. The van der Waals surface area contributed by atoms with Crippen molar-refractivity contribution in [2.45, 2.75) is 54.3 Å². The molecule has 133 valence electrons. The minimum atomic E-state index is 0.301. The highest BCUT2D eigenvalue weighted by molar-refractivity contribution is 6.53. The van der Waals surface area contributed by atoms with Gasteiger partial charge < -0.3 is 9.80 Å². The van der Waals surface area contributed by atoms with E-state index in [0.29, 0.717) is 10.8 Å². The highest BCUT2D eigenvalue weighted by atomic mass is 15.2. The summed E-state index contributed by atoms with van der Waals surface area (Å²) in [5, 5.41) is 0. The van der Waals surface area contributed by atoms with Gasteiger partial charge in [0.25, 0.3) is 0 Å². The maximum atomic E-state index is 2.56. The molecule has 0 unspecified atom stereocenters. The maximum absolute atomic E-state index is 2.56. The summed E-state index contributed by atoms with van der Waals surface area (Å²) in [5.41, 5.74) is 4.92. The van der Waals surface area contributed by atoms with Crippen LogP contribution >= 0.6 is 0 Å². The third kappa shape index (κ3) is 4.56. The van der Waals surface area contributed by atoms with Crippen molar-refractivity contribution in [3.05, 3.63) is 23.8 Å². The zero-order valence-electron chi connectivity index (χ0n) is 16.9. The fourth-order valence-corrected chi connectivity index (χ4v) is 3.05. The van der Waals surface area contributed by atoms with Crippen LogP contribution in [0.4, 0.5) is 5.69 Å². The normalized spacial score (nSPS) is 17.2. The van der Waals surface area contributed by atoms with E-state index >= 15 is 0 Å². The molecule has 2 nitrogen and oxygen atoms in total. The number of hydrogen-bond acceptors (Lipinski definition) is 2. The lowest BCUT2D eigenvalue weighted by atomic mass is 9.53. The van der Waals surface area contributed by atoms with Gasteiger partial charge >= 0.3 is 0 Å². The number of benzene rings is 1. The molecule has 1 heterocycles. The van der Waals surface area contributed by atoms with Gasteiger partial charge in [0.15, 0.2) is 7.28 Å². The van der Waals surface area contributed by atoms with Crippen LogP contribution in [0.5, 0.6) is 0 Å². The second-order valence-electron chi connectivity index (χ2n) is 9.07. The molecule has 1 aliphatic rings. The van der Waals surface area contributed by atoms with E-state index in [1.54, 1.807) is 0 Å². The van der Waals surface area contributed by atoms with Gasteiger partial charge in [-0.15, -0.1) is 0 Å². The molecule has 0 amide bonds. The number of nitrogens with zero attached hydrogens (tertiary/aromatic N) is 2. The van der Waals surface area contributed by atoms with Gasteiger partial charge in [-0.25, -0.2) is 0 Å². The Morgan fingerprint density at radius 1 is 1.00 bits per heavy atom. The van der Waals surface area contributed by atoms with Gasteiger partial charge in [-0.3, -0.25) is 0 Å². The SMILES string of the molecule is CCc1cc([B]CC(C)(C)C(C)(C)C)ccc1N1CCN(C)CC1. The van der Waals surface area contributed by atoms with Crippen LogP contribution in [0.1, 0.15) is 47.1 Å². The largest absolute Gasteiger partial charge is 0.369 e. The molecule has 3 heteroatoms. The van der Waals surface area contributed by atoms with E-state index < -0.39 is 0 Å². The Balaban J connectivity index is 2.09. The van der Waals surface area contributed by atoms with Crippen molar-refractivity contribution >= 4 is 18.4 Å². The Hall–Kier alpha value is -0.955. The topological polar surface area (TPSA) is 6.48 Å². The molecule has 0 aromatic heterocycles. The van der Waals surface area contributed by atoms with Crippen LogP contribution in [0.2, 0.25) is 6.32 Å².